The second-order valence-corrected chi connectivity index (χ2v) is 5.32. The predicted octanol–water partition coefficient (Wildman–Crippen LogP) is 2.96. The lowest BCUT2D eigenvalue weighted by Crippen LogP contribution is -2.28. The Morgan fingerprint density at radius 3 is 2.55 bits per heavy atom. The van der Waals surface area contributed by atoms with Crippen molar-refractivity contribution in [2.24, 2.45) is 0 Å². The van der Waals surface area contributed by atoms with Gasteiger partial charge in [-0.25, -0.2) is 0 Å². The minimum atomic E-state index is -0.904. The topological polar surface area (TPSA) is 57.6 Å². The van der Waals surface area contributed by atoms with E-state index in [1.807, 2.05) is 41.8 Å². The number of carboxylic acid groups (broad SMARTS) is 1. The van der Waals surface area contributed by atoms with Crippen LogP contribution in [0.3, 0.4) is 0 Å². The van der Waals surface area contributed by atoms with Crippen molar-refractivity contribution in [3.05, 3.63) is 46.7 Å². The van der Waals surface area contributed by atoms with Crippen molar-refractivity contribution in [1.29, 1.82) is 0 Å². The number of nitrogens with zero attached hydrogens (tertiary/aromatic N) is 1. The van der Waals surface area contributed by atoms with Gasteiger partial charge in [-0.2, -0.15) is 0 Å². The third-order valence-electron chi connectivity index (χ3n) is 2.95. The third kappa shape index (κ3) is 3.24. The van der Waals surface area contributed by atoms with Crippen LogP contribution in [0.15, 0.2) is 41.8 Å². The Bertz CT molecular complexity index is 607. The van der Waals surface area contributed by atoms with E-state index in [1.165, 1.54) is 16.2 Å². The standard InChI is InChI=1S/C15H15NO3S/c1-16(9-7-13(17)18)15(19)14-12(8-10-20-14)11-5-3-2-4-6-11/h2-6,8,10H,7,9H2,1H3,(H,17,18). The van der Waals surface area contributed by atoms with Gasteiger partial charge in [0.25, 0.3) is 5.91 Å². The number of carboxylic acids is 1. The van der Waals surface area contributed by atoms with Crippen molar-refractivity contribution < 1.29 is 14.7 Å². The smallest absolute Gasteiger partial charge is 0.305 e. The van der Waals surface area contributed by atoms with E-state index in [0.717, 1.165) is 11.1 Å². The summed E-state index contributed by atoms with van der Waals surface area (Å²) in [5.74, 6) is -1.04. The van der Waals surface area contributed by atoms with Gasteiger partial charge in [0.15, 0.2) is 0 Å². The van der Waals surface area contributed by atoms with Crippen molar-refractivity contribution in [3.8, 4) is 11.1 Å². The fraction of sp³-hybridized carbons (Fsp3) is 0.200. The SMILES string of the molecule is CN(CCC(=O)O)C(=O)c1sccc1-c1ccccc1. The molecule has 0 aliphatic heterocycles. The van der Waals surface area contributed by atoms with E-state index in [0.29, 0.717) is 4.88 Å². The Balaban J connectivity index is 2.20. The summed E-state index contributed by atoms with van der Waals surface area (Å²) in [4.78, 5) is 25.0. The minimum Gasteiger partial charge on any atom is -0.481 e. The molecule has 20 heavy (non-hydrogen) atoms. The Morgan fingerprint density at radius 1 is 1.20 bits per heavy atom. The summed E-state index contributed by atoms with van der Waals surface area (Å²) in [7, 11) is 1.62. The second-order valence-electron chi connectivity index (χ2n) is 4.40. The van der Waals surface area contributed by atoms with Gasteiger partial charge < -0.3 is 10.0 Å². The molecule has 2 aromatic rings. The average molecular weight is 289 g/mol. The van der Waals surface area contributed by atoms with Crippen LogP contribution in [0.5, 0.6) is 0 Å². The zero-order valence-corrected chi connectivity index (χ0v) is 11.9. The molecule has 1 aromatic heterocycles. The molecule has 0 unspecified atom stereocenters. The van der Waals surface area contributed by atoms with Gasteiger partial charge in [0.2, 0.25) is 0 Å². The monoisotopic (exact) mass is 289 g/mol. The van der Waals surface area contributed by atoms with Crippen LogP contribution in [-0.2, 0) is 4.79 Å². The van der Waals surface area contributed by atoms with Gasteiger partial charge in [-0.3, -0.25) is 9.59 Å². The quantitative estimate of drug-likeness (QED) is 0.920. The molecule has 1 heterocycles. The summed E-state index contributed by atoms with van der Waals surface area (Å²) in [6.45, 7) is 0.209. The van der Waals surface area contributed by atoms with Gasteiger partial charge in [-0.05, 0) is 17.0 Å². The zero-order chi connectivity index (χ0) is 14.5. The van der Waals surface area contributed by atoms with Crippen LogP contribution < -0.4 is 0 Å². The number of thiophene rings is 1. The van der Waals surface area contributed by atoms with E-state index >= 15 is 0 Å². The van der Waals surface area contributed by atoms with Crippen LogP contribution in [0.2, 0.25) is 0 Å². The van der Waals surface area contributed by atoms with Crippen LogP contribution >= 0.6 is 11.3 Å². The summed E-state index contributed by atoms with van der Waals surface area (Å²) in [6.07, 6.45) is -0.0473. The molecule has 0 spiro atoms. The lowest BCUT2D eigenvalue weighted by molar-refractivity contribution is -0.137. The summed E-state index contributed by atoms with van der Waals surface area (Å²) in [6, 6.07) is 11.6. The van der Waals surface area contributed by atoms with Gasteiger partial charge in [0.05, 0.1) is 11.3 Å². The first-order valence-corrected chi connectivity index (χ1v) is 7.07. The fourth-order valence-corrected chi connectivity index (χ4v) is 2.77. The van der Waals surface area contributed by atoms with Gasteiger partial charge in [0, 0.05) is 19.2 Å². The van der Waals surface area contributed by atoms with Crippen molar-refractivity contribution in [1.82, 2.24) is 4.90 Å². The van der Waals surface area contributed by atoms with Crippen molar-refractivity contribution in [3.63, 3.8) is 0 Å². The first-order chi connectivity index (χ1) is 9.59. The van der Waals surface area contributed by atoms with E-state index in [-0.39, 0.29) is 18.9 Å². The minimum absolute atomic E-state index is 0.0473. The average Bonchev–Trinajstić information content (AvgIpc) is 2.94. The largest absolute Gasteiger partial charge is 0.481 e. The molecule has 0 saturated carbocycles. The highest BCUT2D eigenvalue weighted by Gasteiger charge is 2.18. The number of aliphatic carboxylic acids is 1. The highest BCUT2D eigenvalue weighted by atomic mass is 32.1. The number of hydrogen-bond acceptors (Lipinski definition) is 3. The Labute approximate surface area is 121 Å². The van der Waals surface area contributed by atoms with Gasteiger partial charge in [-0.15, -0.1) is 11.3 Å². The molecule has 104 valence electrons. The van der Waals surface area contributed by atoms with Gasteiger partial charge in [-0.1, -0.05) is 30.3 Å². The number of carbonyl (C=O) groups is 2. The molecule has 5 heteroatoms. The molecule has 4 nitrogen and oxygen atoms in total. The number of rotatable bonds is 5. The Morgan fingerprint density at radius 2 is 1.90 bits per heavy atom. The maximum absolute atomic E-state index is 12.4. The number of carbonyl (C=O) groups excluding carboxylic acids is 1. The zero-order valence-electron chi connectivity index (χ0n) is 11.1. The Kier molecular flexibility index (Phi) is 4.53. The maximum Gasteiger partial charge on any atom is 0.305 e. The molecule has 1 aromatic carbocycles. The van der Waals surface area contributed by atoms with Crippen LogP contribution in [0.1, 0.15) is 16.1 Å². The number of benzene rings is 1. The van der Waals surface area contributed by atoms with Crippen LogP contribution in [0, 0.1) is 0 Å². The molecular formula is C15H15NO3S. The summed E-state index contributed by atoms with van der Waals surface area (Å²) in [5, 5.41) is 10.5. The summed E-state index contributed by atoms with van der Waals surface area (Å²) in [5.41, 5.74) is 1.88. The van der Waals surface area contributed by atoms with E-state index in [4.69, 9.17) is 5.11 Å². The second kappa shape index (κ2) is 6.34. The molecule has 1 N–H and O–H groups in total. The van der Waals surface area contributed by atoms with Crippen LogP contribution in [0.4, 0.5) is 0 Å². The highest BCUT2D eigenvalue weighted by molar-refractivity contribution is 7.12. The molecule has 0 atom stereocenters. The predicted molar refractivity (Wildman–Crippen MR) is 79.0 cm³/mol. The summed E-state index contributed by atoms with van der Waals surface area (Å²) >= 11 is 1.38. The summed E-state index contributed by atoms with van der Waals surface area (Å²) < 4.78 is 0. The van der Waals surface area contributed by atoms with E-state index in [9.17, 15) is 9.59 Å². The maximum atomic E-state index is 12.4. The van der Waals surface area contributed by atoms with Gasteiger partial charge >= 0.3 is 5.97 Å². The molecule has 0 aliphatic carbocycles. The molecular weight excluding hydrogens is 274 g/mol. The Hall–Kier alpha value is -2.14. The molecule has 0 saturated heterocycles. The number of hydrogen-bond donors (Lipinski definition) is 1. The lowest BCUT2D eigenvalue weighted by atomic mass is 10.1. The molecule has 1 amide bonds. The number of amides is 1. The van der Waals surface area contributed by atoms with E-state index in [2.05, 4.69) is 0 Å². The van der Waals surface area contributed by atoms with Gasteiger partial charge in [0.1, 0.15) is 0 Å². The van der Waals surface area contributed by atoms with E-state index < -0.39 is 5.97 Å². The third-order valence-corrected chi connectivity index (χ3v) is 3.85. The van der Waals surface area contributed by atoms with E-state index in [1.54, 1.807) is 7.05 Å². The molecule has 0 fully saturated rings. The van der Waals surface area contributed by atoms with Crippen molar-refractivity contribution in [2.75, 3.05) is 13.6 Å². The molecule has 2 rings (SSSR count). The highest BCUT2D eigenvalue weighted by Crippen LogP contribution is 2.29. The first-order valence-electron chi connectivity index (χ1n) is 6.19. The van der Waals surface area contributed by atoms with Crippen LogP contribution in [-0.4, -0.2) is 35.5 Å². The normalized spacial score (nSPS) is 10.2. The first kappa shape index (κ1) is 14.3. The molecule has 0 bridgehead atoms. The molecule has 0 aliphatic rings. The fourth-order valence-electron chi connectivity index (χ4n) is 1.86. The van der Waals surface area contributed by atoms with Crippen LogP contribution in [0.25, 0.3) is 11.1 Å². The van der Waals surface area contributed by atoms with Crippen molar-refractivity contribution in [2.45, 2.75) is 6.42 Å². The molecule has 0 radical (unpaired) electrons. The van der Waals surface area contributed by atoms with Crippen molar-refractivity contribution >= 4 is 23.2 Å². The lowest BCUT2D eigenvalue weighted by Gasteiger charge is -2.16.